The SMILES string of the molecule is CCC(C)Cn1c(CC(N)=NO)nc2ccccc21. The number of aromatic nitrogens is 2. The van der Waals surface area contributed by atoms with Crippen molar-refractivity contribution in [1.29, 1.82) is 0 Å². The van der Waals surface area contributed by atoms with E-state index in [2.05, 4.69) is 34.6 Å². The van der Waals surface area contributed by atoms with Gasteiger partial charge in [0, 0.05) is 6.54 Å². The molecule has 0 amide bonds. The number of amidine groups is 1. The first-order valence-electron chi connectivity index (χ1n) is 6.56. The summed E-state index contributed by atoms with van der Waals surface area (Å²) in [4.78, 5) is 4.58. The van der Waals surface area contributed by atoms with Crippen molar-refractivity contribution in [3.05, 3.63) is 30.1 Å². The van der Waals surface area contributed by atoms with Crippen molar-refractivity contribution in [3.8, 4) is 0 Å². The van der Waals surface area contributed by atoms with Crippen molar-refractivity contribution in [3.63, 3.8) is 0 Å². The van der Waals surface area contributed by atoms with Crippen LogP contribution in [0.4, 0.5) is 0 Å². The van der Waals surface area contributed by atoms with Gasteiger partial charge in [-0.05, 0) is 18.1 Å². The molecule has 0 radical (unpaired) electrons. The fourth-order valence-corrected chi connectivity index (χ4v) is 2.10. The third-order valence-corrected chi connectivity index (χ3v) is 3.39. The summed E-state index contributed by atoms with van der Waals surface area (Å²) < 4.78 is 2.17. The first-order valence-corrected chi connectivity index (χ1v) is 6.56. The van der Waals surface area contributed by atoms with Gasteiger partial charge >= 0.3 is 0 Å². The number of nitrogens with two attached hydrogens (primary N) is 1. The zero-order chi connectivity index (χ0) is 13.8. The second kappa shape index (κ2) is 5.73. The van der Waals surface area contributed by atoms with E-state index in [1.165, 1.54) is 0 Å². The summed E-state index contributed by atoms with van der Waals surface area (Å²) in [6.07, 6.45) is 1.47. The predicted molar refractivity (Wildman–Crippen MR) is 76.3 cm³/mol. The van der Waals surface area contributed by atoms with Gasteiger partial charge in [0.15, 0.2) is 0 Å². The zero-order valence-corrected chi connectivity index (χ0v) is 11.4. The van der Waals surface area contributed by atoms with Crippen LogP contribution in [-0.2, 0) is 13.0 Å². The molecule has 5 heteroatoms. The van der Waals surface area contributed by atoms with Gasteiger partial charge in [0.1, 0.15) is 11.7 Å². The highest BCUT2D eigenvalue weighted by atomic mass is 16.4. The number of imidazole rings is 1. The van der Waals surface area contributed by atoms with E-state index < -0.39 is 0 Å². The van der Waals surface area contributed by atoms with E-state index in [4.69, 9.17) is 10.9 Å². The van der Waals surface area contributed by atoms with Crippen LogP contribution in [0.15, 0.2) is 29.4 Å². The van der Waals surface area contributed by atoms with Crippen molar-refractivity contribution in [1.82, 2.24) is 9.55 Å². The Balaban J connectivity index is 2.45. The third-order valence-electron chi connectivity index (χ3n) is 3.39. The molecular formula is C14H20N4O. The smallest absolute Gasteiger partial charge is 0.146 e. The van der Waals surface area contributed by atoms with Gasteiger partial charge in [-0.3, -0.25) is 0 Å². The van der Waals surface area contributed by atoms with Crippen molar-refractivity contribution >= 4 is 16.9 Å². The molecule has 1 aromatic heterocycles. The van der Waals surface area contributed by atoms with Gasteiger partial charge in [-0.25, -0.2) is 4.98 Å². The first-order chi connectivity index (χ1) is 9.15. The highest BCUT2D eigenvalue weighted by Gasteiger charge is 2.13. The molecule has 0 fully saturated rings. The number of para-hydroxylation sites is 2. The third kappa shape index (κ3) is 2.86. The number of benzene rings is 1. The van der Waals surface area contributed by atoms with Crippen LogP contribution in [0, 0.1) is 5.92 Å². The molecule has 0 aliphatic heterocycles. The maximum atomic E-state index is 8.72. The predicted octanol–water partition coefficient (Wildman–Crippen LogP) is 2.37. The Bertz CT molecular complexity index is 588. The Morgan fingerprint density at radius 1 is 1.47 bits per heavy atom. The van der Waals surface area contributed by atoms with Crippen molar-refractivity contribution in [2.75, 3.05) is 0 Å². The molecule has 0 bridgehead atoms. The second-order valence-corrected chi connectivity index (χ2v) is 4.91. The summed E-state index contributed by atoms with van der Waals surface area (Å²) in [5, 5.41) is 11.8. The number of nitrogens with zero attached hydrogens (tertiary/aromatic N) is 3. The minimum Gasteiger partial charge on any atom is -0.409 e. The molecule has 0 saturated carbocycles. The quantitative estimate of drug-likeness (QED) is 0.375. The van der Waals surface area contributed by atoms with Gasteiger partial charge < -0.3 is 15.5 Å². The minimum atomic E-state index is 0.181. The number of oxime groups is 1. The highest BCUT2D eigenvalue weighted by molar-refractivity contribution is 5.83. The van der Waals surface area contributed by atoms with Crippen LogP contribution in [0.2, 0.25) is 0 Å². The lowest BCUT2D eigenvalue weighted by Gasteiger charge is -2.13. The topological polar surface area (TPSA) is 76.4 Å². The van der Waals surface area contributed by atoms with E-state index in [0.717, 1.165) is 29.8 Å². The molecule has 102 valence electrons. The largest absolute Gasteiger partial charge is 0.409 e. The van der Waals surface area contributed by atoms with E-state index in [1.807, 2.05) is 18.2 Å². The molecule has 2 aromatic rings. The second-order valence-electron chi connectivity index (χ2n) is 4.91. The molecular weight excluding hydrogens is 240 g/mol. The molecule has 0 spiro atoms. The van der Waals surface area contributed by atoms with Crippen molar-refractivity contribution < 1.29 is 5.21 Å². The maximum absolute atomic E-state index is 8.72. The van der Waals surface area contributed by atoms with Crippen LogP contribution in [-0.4, -0.2) is 20.6 Å². The summed E-state index contributed by atoms with van der Waals surface area (Å²) in [5.74, 6) is 1.58. The van der Waals surface area contributed by atoms with Gasteiger partial charge in [-0.15, -0.1) is 0 Å². The summed E-state index contributed by atoms with van der Waals surface area (Å²) in [6, 6.07) is 8.01. The van der Waals surface area contributed by atoms with Crippen LogP contribution in [0.25, 0.3) is 11.0 Å². The lowest BCUT2D eigenvalue weighted by atomic mass is 10.1. The van der Waals surface area contributed by atoms with Crippen LogP contribution in [0.5, 0.6) is 0 Å². The van der Waals surface area contributed by atoms with Gasteiger partial charge in [0.05, 0.1) is 17.5 Å². The number of hydrogen-bond donors (Lipinski definition) is 2. The lowest BCUT2D eigenvalue weighted by Crippen LogP contribution is -2.19. The standard InChI is InChI=1S/C14H20N4O/c1-3-10(2)9-18-12-7-5-4-6-11(12)16-14(18)8-13(15)17-19/h4-7,10,19H,3,8-9H2,1-2H3,(H2,15,17). The Hall–Kier alpha value is -2.04. The summed E-state index contributed by atoms with van der Waals surface area (Å²) in [7, 11) is 0. The van der Waals surface area contributed by atoms with Crippen molar-refractivity contribution in [2.45, 2.75) is 33.2 Å². The monoisotopic (exact) mass is 260 g/mol. The van der Waals surface area contributed by atoms with Crippen LogP contribution >= 0.6 is 0 Å². The maximum Gasteiger partial charge on any atom is 0.146 e. The summed E-state index contributed by atoms with van der Waals surface area (Å²) >= 11 is 0. The van der Waals surface area contributed by atoms with E-state index in [1.54, 1.807) is 0 Å². The molecule has 1 atom stereocenters. The molecule has 1 aromatic carbocycles. The number of fused-ring (bicyclic) bond motifs is 1. The Labute approximate surface area is 112 Å². The number of hydrogen-bond acceptors (Lipinski definition) is 3. The molecule has 0 aliphatic carbocycles. The molecule has 1 unspecified atom stereocenters. The van der Waals surface area contributed by atoms with Gasteiger partial charge in [-0.2, -0.15) is 0 Å². The van der Waals surface area contributed by atoms with Crippen LogP contribution < -0.4 is 5.73 Å². The van der Waals surface area contributed by atoms with Crippen LogP contribution in [0.1, 0.15) is 26.1 Å². The molecule has 19 heavy (non-hydrogen) atoms. The van der Waals surface area contributed by atoms with Crippen LogP contribution in [0.3, 0.4) is 0 Å². The van der Waals surface area contributed by atoms with E-state index >= 15 is 0 Å². The number of rotatable bonds is 5. The normalized spacial score (nSPS) is 13.9. The Morgan fingerprint density at radius 3 is 2.89 bits per heavy atom. The van der Waals surface area contributed by atoms with E-state index in [-0.39, 0.29) is 5.84 Å². The summed E-state index contributed by atoms with van der Waals surface area (Å²) in [6.45, 7) is 5.28. The van der Waals surface area contributed by atoms with Gasteiger partial charge in [-0.1, -0.05) is 37.6 Å². The average Bonchev–Trinajstić information content (AvgIpc) is 2.76. The molecule has 3 N–H and O–H groups in total. The first kappa shape index (κ1) is 13.4. The highest BCUT2D eigenvalue weighted by Crippen LogP contribution is 2.19. The van der Waals surface area contributed by atoms with Crippen molar-refractivity contribution in [2.24, 2.45) is 16.8 Å². The fourth-order valence-electron chi connectivity index (χ4n) is 2.10. The van der Waals surface area contributed by atoms with E-state index in [0.29, 0.717) is 12.3 Å². The van der Waals surface area contributed by atoms with Gasteiger partial charge in [0.25, 0.3) is 0 Å². The molecule has 5 nitrogen and oxygen atoms in total. The molecule has 0 aliphatic rings. The molecule has 2 rings (SSSR count). The average molecular weight is 260 g/mol. The zero-order valence-electron chi connectivity index (χ0n) is 11.4. The fraction of sp³-hybridized carbons (Fsp3) is 0.429. The molecule has 0 saturated heterocycles. The molecule has 1 heterocycles. The Morgan fingerprint density at radius 2 is 2.21 bits per heavy atom. The Kier molecular flexibility index (Phi) is 4.04. The summed E-state index contributed by atoms with van der Waals surface area (Å²) in [5.41, 5.74) is 7.66. The van der Waals surface area contributed by atoms with Gasteiger partial charge in [0.2, 0.25) is 0 Å². The minimum absolute atomic E-state index is 0.181. The van der Waals surface area contributed by atoms with E-state index in [9.17, 15) is 0 Å². The lowest BCUT2D eigenvalue weighted by molar-refractivity contribution is 0.317.